The van der Waals surface area contributed by atoms with Crippen molar-refractivity contribution in [1.29, 1.82) is 0 Å². The molecular weight excluding hydrogens is 150 g/mol. The molecule has 0 fully saturated rings. The first-order valence-corrected chi connectivity index (χ1v) is 2.79. The van der Waals surface area contributed by atoms with Crippen LogP contribution < -0.4 is 5.32 Å². The van der Waals surface area contributed by atoms with Crippen LogP contribution in [0.25, 0.3) is 0 Å². The average Bonchev–Trinajstić information content (AvgIpc) is 2.04. The second-order valence-corrected chi connectivity index (χ2v) is 1.49. The van der Waals surface area contributed by atoms with Crippen molar-refractivity contribution >= 4 is 12.1 Å². The van der Waals surface area contributed by atoms with Crippen molar-refractivity contribution < 1.29 is 19.1 Å². The fourth-order valence-corrected chi connectivity index (χ4v) is 0.305. The van der Waals surface area contributed by atoms with E-state index in [1.165, 1.54) is 14.2 Å². The summed E-state index contributed by atoms with van der Waals surface area (Å²) in [6.45, 7) is 0. The molecule has 5 heteroatoms. The lowest BCUT2D eigenvalue weighted by atomic mass is 10.6. The number of hydrogen-bond acceptors (Lipinski definition) is 4. The number of esters is 1. The summed E-state index contributed by atoms with van der Waals surface area (Å²) in [7, 11) is 2.46. The third kappa shape index (κ3) is 4.95. The van der Waals surface area contributed by atoms with Crippen LogP contribution in [0.4, 0.5) is 4.79 Å². The number of ether oxygens (including phenoxy) is 2. The summed E-state index contributed by atoms with van der Waals surface area (Å²) in [5.74, 6) is -0.540. The molecule has 0 unspecified atom stereocenters. The molecule has 0 aromatic heterocycles. The molecule has 0 bridgehead atoms. The third-order valence-electron chi connectivity index (χ3n) is 0.807. The van der Waals surface area contributed by atoms with Crippen LogP contribution in [0.1, 0.15) is 0 Å². The van der Waals surface area contributed by atoms with Gasteiger partial charge in [0, 0.05) is 12.3 Å². The van der Waals surface area contributed by atoms with Crippen molar-refractivity contribution in [1.82, 2.24) is 5.32 Å². The molecule has 0 radical (unpaired) electrons. The van der Waals surface area contributed by atoms with Gasteiger partial charge in [-0.2, -0.15) is 0 Å². The van der Waals surface area contributed by atoms with Gasteiger partial charge in [0.15, 0.2) is 0 Å². The van der Waals surface area contributed by atoms with Gasteiger partial charge in [-0.3, -0.25) is 5.32 Å². The fourth-order valence-electron chi connectivity index (χ4n) is 0.305. The van der Waals surface area contributed by atoms with E-state index in [9.17, 15) is 9.59 Å². The summed E-state index contributed by atoms with van der Waals surface area (Å²) >= 11 is 0. The zero-order valence-electron chi connectivity index (χ0n) is 6.29. The maximum Gasteiger partial charge on any atom is 0.410 e. The molecule has 0 saturated heterocycles. The maximum absolute atomic E-state index is 10.4. The Bertz CT molecular complexity index is 175. The molecule has 0 aliphatic rings. The quantitative estimate of drug-likeness (QED) is 0.456. The van der Waals surface area contributed by atoms with E-state index >= 15 is 0 Å². The Morgan fingerprint density at radius 3 is 2.36 bits per heavy atom. The first-order chi connectivity index (χ1) is 5.20. The molecule has 11 heavy (non-hydrogen) atoms. The SMILES string of the molecule is COC(=O)C=CNC(=O)OC. The number of rotatable bonds is 2. The smallest absolute Gasteiger partial charge is 0.410 e. The Kier molecular flexibility index (Phi) is 4.55. The van der Waals surface area contributed by atoms with E-state index < -0.39 is 12.1 Å². The molecule has 1 amide bonds. The van der Waals surface area contributed by atoms with E-state index in [2.05, 4.69) is 14.8 Å². The molecule has 0 aliphatic heterocycles. The Morgan fingerprint density at radius 2 is 1.91 bits per heavy atom. The van der Waals surface area contributed by atoms with Gasteiger partial charge in [0.1, 0.15) is 0 Å². The van der Waals surface area contributed by atoms with Gasteiger partial charge >= 0.3 is 12.1 Å². The molecule has 0 rings (SSSR count). The monoisotopic (exact) mass is 159 g/mol. The van der Waals surface area contributed by atoms with Crippen LogP contribution in [0.3, 0.4) is 0 Å². The number of carbonyl (C=O) groups is 2. The van der Waals surface area contributed by atoms with Crippen LogP contribution in [0.15, 0.2) is 12.3 Å². The van der Waals surface area contributed by atoms with Gasteiger partial charge in [-0.1, -0.05) is 0 Å². The third-order valence-corrected chi connectivity index (χ3v) is 0.807. The van der Waals surface area contributed by atoms with Crippen LogP contribution >= 0.6 is 0 Å². The lowest BCUT2D eigenvalue weighted by molar-refractivity contribution is -0.134. The van der Waals surface area contributed by atoms with Gasteiger partial charge in [0.05, 0.1) is 14.2 Å². The van der Waals surface area contributed by atoms with E-state index in [1.54, 1.807) is 0 Å². The van der Waals surface area contributed by atoms with Gasteiger partial charge < -0.3 is 9.47 Å². The Hall–Kier alpha value is -1.52. The largest absolute Gasteiger partial charge is 0.466 e. The summed E-state index contributed by atoms with van der Waals surface area (Å²) in [5.41, 5.74) is 0. The lowest BCUT2D eigenvalue weighted by Gasteiger charge is -1.94. The summed E-state index contributed by atoms with van der Waals surface area (Å²) in [5, 5.41) is 2.15. The number of carbonyl (C=O) groups excluding carboxylic acids is 2. The Labute approximate surface area is 64.0 Å². The van der Waals surface area contributed by atoms with Gasteiger partial charge in [0.25, 0.3) is 0 Å². The molecule has 62 valence electrons. The summed E-state index contributed by atoms with van der Waals surface area (Å²) in [4.78, 5) is 20.7. The highest BCUT2D eigenvalue weighted by Crippen LogP contribution is 1.76. The predicted octanol–water partition coefficient (Wildman–Crippen LogP) is 0.0291. The Balaban J connectivity index is 3.60. The minimum atomic E-state index is -0.634. The maximum atomic E-state index is 10.4. The van der Waals surface area contributed by atoms with Crippen molar-refractivity contribution in [3.8, 4) is 0 Å². The molecule has 0 spiro atoms. The van der Waals surface area contributed by atoms with Crippen LogP contribution in [0.5, 0.6) is 0 Å². The summed E-state index contributed by atoms with van der Waals surface area (Å²) in [6.07, 6.45) is 1.57. The van der Waals surface area contributed by atoms with Gasteiger partial charge in [-0.15, -0.1) is 0 Å². The van der Waals surface area contributed by atoms with E-state index in [4.69, 9.17) is 0 Å². The standard InChI is InChI=1S/C6H9NO4/c1-10-5(8)3-4-7-6(9)11-2/h3-4H,1-2H3,(H,7,9). The van der Waals surface area contributed by atoms with Crippen molar-refractivity contribution in [2.24, 2.45) is 0 Å². The number of methoxy groups -OCH3 is 2. The number of amides is 1. The number of hydrogen-bond donors (Lipinski definition) is 1. The zero-order valence-corrected chi connectivity index (χ0v) is 6.29. The Morgan fingerprint density at radius 1 is 1.27 bits per heavy atom. The van der Waals surface area contributed by atoms with Crippen molar-refractivity contribution in [3.05, 3.63) is 12.3 Å². The van der Waals surface area contributed by atoms with Crippen LogP contribution in [-0.4, -0.2) is 26.3 Å². The van der Waals surface area contributed by atoms with Crippen molar-refractivity contribution in [3.63, 3.8) is 0 Å². The van der Waals surface area contributed by atoms with Crippen LogP contribution in [0, 0.1) is 0 Å². The van der Waals surface area contributed by atoms with Crippen LogP contribution in [0.2, 0.25) is 0 Å². The second-order valence-electron chi connectivity index (χ2n) is 1.49. The van der Waals surface area contributed by atoms with Crippen LogP contribution in [-0.2, 0) is 14.3 Å². The minimum absolute atomic E-state index is 0.540. The molecule has 0 heterocycles. The van der Waals surface area contributed by atoms with E-state index in [0.29, 0.717) is 0 Å². The molecule has 1 N–H and O–H groups in total. The second kappa shape index (κ2) is 5.28. The van der Waals surface area contributed by atoms with Gasteiger partial charge in [0.2, 0.25) is 0 Å². The van der Waals surface area contributed by atoms with E-state index in [-0.39, 0.29) is 0 Å². The van der Waals surface area contributed by atoms with Crippen molar-refractivity contribution in [2.75, 3.05) is 14.2 Å². The highest BCUT2D eigenvalue weighted by Gasteiger charge is 1.93. The molecule has 5 nitrogen and oxygen atoms in total. The number of alkyl carbamates (subject to hydrolysis) is 1. The molecule has 0 aromatic rings. The average molecular weight is 159 g/mol. The first kappa shape index (κ1) is 9.48. The minimum Gasteiger partial charge on any atom is -0.466 e. The summed E-state index contributed by atoms with van der Waals surface area (Å²) in [6, 6.07) is 0. The summed E-state index contributed by atoms with van der Waals surface area (Å²) < 4.78 is 8.46. The molecule has 0 aromatic carbocycles. The van der Waals surface area contributed by atoms with Gasteiger partial charge in [-0.25, -0.2) is 9.59 Å². The normalized spacial score (nSPS) is 9.27. The lowest BCUT2D eigenvalue weighted by Crippen LogP contribution is -2.16. The highest BCUT2D eigenvalue weighted by molar-refractivity contribution is 5.82. The predicted molar refractivity (Wildman–Crippen MR) is 36.7 cm³/mol. The van der Waals surface area contributed by atoms with Gasteiger partial charge in [-0.05, 0) is 0 Å². The van der Waals surface area contributed by atoms with E-state index in [0.717, 1.165) is 12.3 Å². The topological polar surface area (TPSA) is 64.6 Å². The highest BCUT2D eigenvalue weighted by atomic mass is 16.5. The van der Waals surface area contributed by atoms with Crippen molar-refractivity contribution in [2.45, 2.75) is 0 Å². The fraction of sp³-hybridized carbons (Fsp3) is 0.333. The zero-order chi connectivity index (χ0) is 8.69. The van der Waals surface area contributed by atoms with E-state index in [1.807, 2.05) is 0 Å². The first-order valence-electron chi connectivity index (χ1n) is 2.79. The molecule has 0 saturated carbocycles. The molecular formula is C6H9NO4. The number of nitrogens with one attached hydrogen (secondary N) is 1. The molecule has 0 atom stereocenters. The molecule has 0 aliphatic carbocycles.